The lowest BCUT2D eigenvalue weighted by atomic mass is 10.1. The van der Waals surface area contributed by atoms with Crippen molar-refractivity contribution in [2.75, 3.05) is 43.5 Å². The predicted molar refractivity (Wildman–Crippen MR) is 111 cm³/mol. The third-order valence-electron chi connectivity index (χ3n) is 4.54. The second kappa shape index (κ2) is 9.84. The van der Waals surface area contributed by atoms with Crippen LogP contribution < -0.4 is 5.32 Å². The minimum atomic E-state index is -0.908. The van der Waals surface area contributed by atoms with Crippen LogP contribution in [0.2, 0.25) is 0 Å². The van der Waals surface area contributed by atoms with Gasteiger partial charge in [-0.15, -0.1) is 0 Å². The summed E-state index contributed by atoms with van der Waals surface area (Å²) in [5.41, 5.74) is 1.67. The molecule has 0 bridgehead atoms. The summed E-state index contributed by atoms with van der Waals surface area (Å²) in [4.78, 5) is 28.5. The second-order valence-electron chi connectivity index (χ2n) is 6.95. The average Bonchev–Trinajstić information content (AvgIpc) is 2.71. The highest BCUT2D eigenvalue weighted by Gasteiger charge is 2.19. The summed E-state index contributed by atoms with van der Waals surface area (Å²) >= 11 is 1.84. The number of likely N-dealkylation sites (N-methyl/N-ethyl adjacent to an activating group) is 1. The Morgan fingerprint density at radius 1 is 1.10 bits per heavy atom. The van der Waals surface area contributed by atoms with Crippen molar-refractivity contribution >= 4 is 29.3 Å². The first kappa shape index (κ1) is 21.3. The topological polar surface area (TPSA) is 52.7 Å². The van der Waals surface area contributed by atoms with E-state index in [2.05, 4.69) is 5.32 Å². The van der Waals surface area contributed by atoms with Crippen molar-refractivity contribution in [2.45, 2.75) is 6.54 Å². The summed E-state index contributed by atoms with van der Waals surface area (Å²) in [5.74, 6) is -0.217. The van der Waals surface area contributed by atoms with E-state index >= 15 is 0 Å². The van der Waals surface area contributed by atoms with Crippen molar-refractivity contribution in [1.29, 1.82) is 0 Å². The fourth-order valence-corrected chi connectivity index (χ4v) is 4.03. The maximum atomic E-state index is 13.3. The molecule has 3 rings (SSSR count). The van der Waals surface area contributed by atoms with Gasteiger partial charge in [0.25, 0.3) is 5.91 Å². The first-order valence-corrected chi connectivity index (χ1v) is 10.5. The molecule has 1 aliphatic rings. The van der Waals surface area contributed by atoms with Crippen LogP contribution in [0.25, 0.3) is 0 Å². The van der Waals surface area contributed by atoms with Gasteiger partial charge in [-0.05, 0) is 42.9 Å². The Labute approximate surface area is 173 Å². The lowest BCUT2D eigenvalue weighted by molar-refractivity contribution is -0.117. The number of benzene rings is 2. The maximum absolute atomic E-state index is 13.3. The van der Waals surface area contributed by atoms with Crippen LogP contribution in [0.4, 0.5) is 14.5 Å². The van der Waals surface area contributed by atoms with Crippen molar-refractivity contribution in [3.63, 3.8) is 0 Å². The van der Waals surface area contributed by atoms with E-state index in [4.69, 9.17) is 0 Å². The number of hydrogen-bond donors (Lipinski definition) is 1. The zero-order valence-corrected chi connectivity index (χ0v) is 17.0. The second-order valence-corrected chi connectivity index (χ2v) is 8.18. The predicted octanol–water partition coefficient (Wildman–Crippen LogP) is 3.22. The molecule has 2 aromatic rings. The molecule has 0 radical (unpaired) electrons. The van der Waals surface area contributed by atoms with Gasteiger partial charge in [0.05, 0.1) is 6.54 Å². The van der Waals surface area contributed by atoms with Gasteiger partial charge in [0.1, 0.15) is 0 Å². The summed E-state index contributed by atoms with van der Waals surface area (Å²) in [6.07, 6.45) is 0. The molecule has 8 heteroatoms. The lowest BCUT2D eigenvalue weighted by Gasteiger charge is -2.26. The normalized spacial score (nSPS) is 14.1. The summed E-state index contributed by atoms with van der Waals surface area (Å²) in [7, 11) is 1.72. The fourth-order valence-electron chi connectivity index (χ4n) is 3.13. The van der Waals surface area contributed by atoms with Gasteiger partial charge in [-0.1, -0.05) is 12.1 Å². The van der Waals surface area contributed by atoms with Gasteiger partial charge in [0.15, 0.2) is 11.6 Å². The summed E-state index contributed by atoms with van der Waals surface area (Å²) < 4.78 is 26.3. The van der Waals surface area contributed by atoms with Gasteiger partial charge < -0.3 is 10.2 Å². The largest absolute Gasteiger partial charge is 0.337 e. The van der Waals surface area contributed by atoms with Crippen LogP contribution in [0.15, 0.2) is 42.5 Å². The van der Waals surface area contributed by atoms with Crippen LogP contribution in [0.1, 0.15) is 15.9 Å². The fraction of sp³-hybridized carbons (Fsp3) is 0.333. The molecule has 2 amide bonds. The number of nitrogens with zero attached hydrogens (tertiary/aromatic N) is 2. The maximum Gasteiger partial charge on any atom is 0.253 e. The van der Waals surface area contributed by atoms with E-state index < -0.39 is 11.6 Å². The highest BCUT2D eigenvalue weighted by atomic mass is 32.2. The molecule has 0 unspecified atom stereocenters. The van der Waals surface area contributed by atoms with Crippen LogP contribution in [-0.2, 0) is 11.3 Å². The van der Waals surface area contributed by atoms with Gasteiger partial charge >= 0.3 is 0 Å². The Morgan fingerprint density at radius 2 is 1.86 bits per heavy atom. The van der Waals surface area contributed by atoms with E-state index in [-0.39, 0.29) is 18.4 Å². The molecule has 0 atom stereocenters. The van der Waals surface area contributed by atoms with Crippen molar-refractivity contribution in [1.82, 2.24) is 9.80 Å². The number of rotatable bonds is 6. The van der Waals surface area contributed by atoms with Crippen LogP contribution in [0, 0.1) is 11.6 Å². The van der Waals surface area contributed by atoms with Gasteiger partial charge in [-0.2, -0.15) is 11.8 Å². The number of carbonyl (C=O) groups excluding carboxylic acids is 2. The minimum Gasteiger partial charge on any atom is -0.337 e. The quantitative estimate of drug-likeness (QED) is 0.781. The Kier molecular flexibility index (Phi) is 7.22. The molecular formula is C21H23F2N3O2S. The summed E-state index contributed by atoms with van der Waals surface area (Å²) in [6.45, 7) is 1.83. The number of thioether (sulfide) groups is 1. The molecule has 1 N–H and O–H groups in total. The molecule has 1 saturated heterocycles. The zero-order valence-electron chi connectivity index (χ0n) is 16.2. The van der Waals surface area contributed by atoms with Crippen LogP contribution in [0.3, 0.4) is 0 Å². The summed E-state index contributed by atoms with van der Waals surface area (Å²) in [5, 5.41) is 2.79. The van der Waals surface area contributed by atoms with Crippen molar-refractivity contribution < 1.29 is 18.4 Å². The van der Waals surface area contributed by atoms with E-state index in [9.17, 15) is 18.4 Å². The third kappa shape index (κ3) is 6.01. The Bertz CT molecular complexity index is 888. The van der Waals surface area contributed by atoms with Crippen LogP contribution >= 0.6 is 11.8 Å². The minimum absolute atomic E-state index is 0.0307. The highest BCUT2D eigenvalue weighted by Crippen LogP contribution is 2.16. The molecule has 1 aliphatic heterocycles. The smallest absolute Gasteiger partial charge is 0.253 e. The number of halogens is 2. The Morgan fingerprint density at radius 3 is 2.59 bits per heavy atom. The molecule has 0 saturated carbocycles. The van der Waals surface area contributed by atoms with Crippen LogP contribution in [0.5, 0.6) is 0 Å². The zero-order chi connectivity index (χ0) is 20.8. The molecular weight excluding hydrogens is 396 g/mol. The third-order valence-corrected chi connectivity index (χ3v) is 5.48. The van der Waals surface area contributed by atoms with Crippen LogP contribution in [-0.4, -0.2) is 59.8 Å². The molecule has 29 heavy (non-hydrogen) atoms. The molecule has 1 fully saturated rings. The Hall–Kier alpha value is -2.45. The first-order chi connectivity index (χ1) is 13.9. The van der Waals surface area contributed by atoms with E-state index in [1.807, 2.05) is 16.7 Å². The molecule has 0 aliphatic carbocycles. The SMILES string of the molecule is CN(CC(=O)Nc1cccc(C(=O)N2CCSCC2)c1)Cc1ccc(F)c(F)c1. The van der Waals surface area contributed by atoms with E-state index in [1.165, 1.54) is 6.07 Å². The standard InChI is InChI=1S/C21H23F2N3O2S/c1-25(13-15-5-6-18(22)19(23)11-15)14-20(27)24-17-4-2-3-16(12-17)21(28)26-7-9-29-10-8-26/h2-6,11-12H,7-10,13-14H2,1H3,(H,24,27). The molecule has 1 heterocycles. The van der Waals surface area contributed by atoms with E-state index in [0.717, 1.165) is 36.7 Å². The van der Waals surface area contributed by atoms with Gasteiger partial charge in [-0.25, -0.2) is 8.78 Å². The number of nitrogens with one attached hydrogen (secondary N) is 1. The van der Waals surface area contributed by atoms with E-state index in [0.29, 0.717) is 23.4 Å². The van der Waals surface area contributed by atoms with Crippen molar-refractivity contribution in [3.05, 3.63) is 65.2 Å². The van der Waals surface area contributed by atoms with Gasteiger partial charge in [0, 0.05) is 42.4 Å². The van der Waals surface area contributed by atoms with E-state index in [1.54, 1.807) is 36.2 Å². The van der Waals surface area contributed by atoms with Crippen molar-refractivity contribution in [2.24, 2.45) is 0 Å². The number of amides is 2. The van der Waals surface area contributed by atoms with Crippen molar-refractivity contribution in [3.8, 4) is 0 Å². The molecule has 2 aromatic carbocycles. The number of carbonyl (C=O) groups is 2. The average molecular weight is 419 g/mol. The monoisotopic (exact) mass is 419 g/mol. The van der Waals surface area contributed by atoms with Gasteiger partial charge in [-0.3, -0.25) is 14.5 Å². The molecule has 154 valence electrons. The first-order valence-electron chi connectivity index (χ1n) is 9.32. The lowest BCUT2D eigenvalue weighted by Crippen LogP contribution is -2.37. The molecule has 5 nitrogen and oxygen atoms in total. The highest BCUT2D eigenvalue weighted by molar-refractivity contribution is 7.99. The molecule has 0 aromatic heterocycles. The Balaban J connectivity index is 1.55. The summed E-state index contributed by atoms with van der Waals surface area (Å²) in [6, 6.07) is 10.6. The van der Waals surface area contributed by atoms with Gasteiger partial charge in [0.2, 0.25) is 5.91 Å². The number of anilines is 1. The molecule has 0 spiro atoms. The number of hydrogen-bond acceptors (Lipinski definition) is 4.